The van der Waals surface area contributed by atoms with E-state index in [9.17, 15) is 0 Å². The summed E-state index contributed by atoms with van der Waals surface area (Å²) in [6.45, 7) is 0. The van der Waals surface area contributed by atoms with Gasteiger partial charge in [0.2, 0.25) is 0 Å². The van der Waals surface area contributed by atoms with Crippen molar-refractivity contribution in [3.63, 3.8) is 0 Å². The van der Waals surface area contributed by atoms with E-state index < -0.39 is 0 Å². The summed E-state index contributed by atoms with van der Waals surface area (Å²) in [5.74, 6) is 0. The van der Waals surface area contributed by atoms with Crippen LogP contribution in [-0.2, 0) is 0 Å². The van der Waals surface area contributed by atoms with E-state index in [1.165, 1.54) is 68.9 Å². The maximum atomic E-state index is 2.41. The number of benzene rings is 8. The Kier molecular flexibility index (Phi) is 5.13. The normalized spacial score (nSPS) is 11.8. The monoisotopic (exact) mass is 551 g/mol. The number of para-hydroxylation sites is 1. The van der Waals surface area contributed by atoms with Gasteiger partial charge in [0, 0.05) is 36.9 Å². The largest absolute Gasteiger partial charge is 0.310 e. The molecule has 0 unspecified atom stereocenters. The highest BCUT2D eigenvalue weighted by molar-refractivity contribution is 7.25. The minimum atomic E-state index is 1.14. The molecule has 0 saturated heterocycles. The maximum absolute atomic E-state index is 2.41. The van der Waals surface area contributed by atoms with Gasteiger partial charge < -0.3 is 4.90 Å². The molecule has 42 heavy (non-hydrogen) atoms. The van der Waals surface area contributed by atoms with Crippen molar-refractivity contribution in [1.82, 2.24) is 0 Å². The van der Waals surface area contributed by atoms with Crippen molar-refractivity contribution in [3.8, 4) is 0 Å². The van der Waals surface area contributed by atoms with E-state index in [2.05, 4.69) is 157 Å². The fourth-order valence-electron chi connectivity index (χ4n) is 6.64. The Morgan fingerprint density at radius 3 is 1.95 bits per heavy atom. The third kappa shape index (κ3) is 3.56. The Balaban J connectivity index is 1.31. The average molecular weight is 552 g/mol. The van der Waals surface area contributed by atoms with Crippen LogP contribution in [0.2, 0.25) is 0 Å². The highest BCUT2D eigenvalue weighted by Crippen LogP contribution is 2.44. The third-order valence-corrected chi connectivity index (χ3v) is 9.71. The minimum absolute atomic E-state index is 1.14. The summed E-state index contributed by atoms with van der Waals surface area (Å²) in [6, 6.07) is 55.6. The van der Waals surface area contributed by atoms with Crippen molar-refractivity contribution < 1.29 is 0 Å². The molecule has 0 aliphatic carbocycles. The molecule has 0 fully saturated rings. The molecule has 0 N–H and O–H groups in total. The van der Waals surface area contributed by atoms with Crippen molar-refractivity contribution in [2.45, 2.75) is 0 Å². The molecule has 0 radical (unpaired) electrons. The number of hydrogen-bond acceptors (Lipinski definition) is 2. The summed E-state index contributed by atoms with van der Waals surface area (Å²) in [5, 5.41) is 12.8. The van der Waals surface area contributed by atoms with Crippen molar-refractivity contribution in [2.75, 3.05) is 4.90 Å². The lowest BCUT2D eigenvalue weighted by Crippen LogP contribution is -2.10. The summed E-state index contributed by atoms with van der Waals surface area (Å²) in [7, 11) is 0. The van der Waals surface area contributed by atoms with Gasteiger partial charge in [-0.1, -0.05) is 103 Å². The zero-order chi connectivity index (χ0) is 27.6. The fraction of sp³-hybridized carbons (Fsp3) is 0. The number of fused-ring (bicyclic) bond motifs is 9. The molecule has 0 amide bonds. The van der Waals surface area contributed by atoms with E-state index in [0.717, 1.165) is 11.4 Å². The Labute approximate surface area is 247 Å². The molecule has 1 heterocycles. The van der Waals surface area contributed by atoms with E-state index in [1.54, 1.807) is 0 Å². The van der Waals surface area contributed by atoms with Gasteiger partial charge in [0.25, 0.3) is 0 Å². The molecule has 9 aromatic rings. The van der Waals surface area contributed by atoms with E-state index in [1.807, 2.05) is 11.3 Å². The van der Waals surface area contributed by atoms with Gasteiger partial charge >= 0.3 is 0 Å². The van der Waals surface area contributed by atoms with Crippen LogP contribution in [0.1, 0.15) is 0 Å². The van der Waals surface area contributed by atoms with E-state index in [4.69, 9.17) is 0 Å². The quantitative estimate of drug-likeness (QED) is 0.197. The van der Waals surface area contributed by atoms with Crippen LogP contribution < -0.4 is 4.90 Å². The molecule has 0 saturated carbocycles. The van der Waals surface area contributed by atoms with Crippen LogP contribution in [0.15, 0.2) is 152 Å². The van der Waals surface area contributed by atoms with Gasteiger partial charge in [0.1, 0.15) is 0 Å². The van der Waals surface area contributed by atoms with Crippen molar-refractivity contribution in [3.05, 3.63) is 152 Å². The second kappa shape index (κ2) is 9.17. The second-order valence-electron chi connectivity index (χ2n) is 11.0. The lowest BCUT2D eigenvalue weighted by atomic mass is 9.96. The van der Waals surface area contributed by atoms with Crippen molar-refractivity contribution in [1.29, 1.82) is 0 Å². The van der Waals surface area contributed by atoms with Crippen LogP contribution in [0.4, 0.5) is 17.1 Å². The smallest absolute Gasteiger partial charge is 0.0540 e. The topological polar surface area (TPSA) is 3.24 Å². The lowest BCUT2D eigenvalue weighted by molar-refractivity contribution is 1.30. The zero-order valence-corrected chi connectivity index (χ0v) is 23.6. The molecule has 0 bridgehead atoms. The van der Waals surface area contributed by atoms with Crippen LogP contribution in [-0.4, -0.2) is 0 Å². The average Bonchev–Trinajstić information content (AvgIpc) is 3.41. The van der Waals surface area contributed by atoms with E-state index >= 15 is 0 Å². The number of hydrogen-bond donors (Lipinski definition) is 0. The van der Waals surface area contributed by atoms with Crippen LogP contribution in [0.3, 0.4) is 0 Å². The van der Waals surface area contributed by atoms with Gasteiger partial charge in [-0.15, -0.1) is 11.3 Å². The molecule has 2 heteroatoms. The van der Waals surface area contributed by atoms with Crippen molar-refractivity contribution in [2.24, 2.45) is 0 Å². The Morgan fingerprint density at radius 2 is 1.05 bits per heavy atom. The first-order valence-corrected chi connectivity index (χ1v) is 15.2. The molecule has 0 aliphatic heterocycles. The van der Waals surface area contributed by atoms with Crippen molar-refractivity contribution >= 4 is 91.7 Å². The first-order valence-electron chi connectivity index (χ1n) is 14.4. The highest BCUT2D eigenvalue weighted by atomic mass is 32.1. The highest BCUT2D eigenvalue weighted by Gasteiger charge is 2.17. The second-order valence-corrected chi connectivity index (χ2v) is 12.1. The van der Waals surface area contributed by atoms with Crippen LogP contribution in [0, 0.1) is 0 Å². The number of anilines is 3. The third-order valence-electron chi connectivity index (χ3n) is 8.58. The predicted octanol–water partition coefficient (Wildman–Crippen LogP) is 12.1. The minimum Gasteiger partial charge on any atom is -0.310 e. The van der Waals surface area contributed by atoms with Crippen LogP contribution in [0.5, 0.6) is 0 Å². The Hall–Kier alpha value is -5.18. The first kappa shape index (κ1) is 23.5. The molecular weight excluding hydrogens is 527 g/mol. The van der Waals surface area contributed by atoms with Crippen LogP contribution >= 0.6 is 11.3 Å². The molecule has 9 rings (SSSR count). The fourth-order valence-corrected chi connectivity index (χ4v) is 7.78. The Bertz CT molecular complexity index is 2470. The first-order chi connectivity index (χ1) is 20.8. The van der Waals surface area contributed by atoms with E-state index in [-0.39, 0.29) is 0 Å². The molecule has 0 atom stereocenters. The van der Waals surface area contributed by atoms with Crippen LogP contribution in [0.25, 0.3) is 63.3 Å². The molecule has 1 aromatic heterocycles. The molecule has 1 nitrogen and oxygen atoms in total. The predicted molar refractivity (Wildman–Crippen MR) is 184 cm³/mol. The summed E-state index contributed by atoms with van der Waals surface area (Å²) < 4.78 is 2.66. The summed E-state index contributed by atoms with van der Waals surface area (Å²) in [6.07, 6.45) is 0. The SMILES string of the molecule is c1ccc(N(c2ccc3c(ccc4ccc5ccccc5c43)c2)c2cccc3cc4sc5ccccc5c4cc23)cc1. The van der Waals surface area contributed by atoms with Gasteiger partial charge in [0.05, 0.1) is 5.69 Å². The van der Waals surface area contributed by atoms with Gasteiger partial charge in [-0.05, 0) is 86.2 Å². The van der Waals surface area contributed by atoms with Gasteiger partial charge in [-0.25, -0.2) is 0 Å². The van der Waals surface area contributed by atoms with Gasteiger partial charge in [0.15, 0.2) is 0 Å². The standard InChI is InChI=1S/C40H25NS/c1-2-11-30(12-3-1)41(37-15-8-10-28-24-39-36(25-35(28)37)34-14-6-7-16-38(34)42-39)31-21-22-33-29(23-31)20-19-27-18-17-26-9-4-5-13-32(26)40(27)33/h1-25H. The summed E-state index contributed by atoms with van der Waals surface area (Å²) >= 11 is 1.87. The molecule has 196 valence electrons. The molecule has 8 aromatic carbocycles. The maximum Gasteiger partial charge on any atom is 0.0540 e. The van der Waals surface area contributed by atoms with E-state index in [0.29, 0.717) is 0 Å². The summed E-state index contributed by atoms with van der Waals surface area (Å²) in [5.41, 5.74) is 3.48. The van der Waals surface area contributed by atoms with Gasteiger partial charge in [-0.2, -0.15) is 0 Å². The Morgan fingerprint density at radius 1 is 0.357 bits per heavy atom. The molecular formula is C40H25NS. The lowest BCUT2D eigenvalue weighted by Gasteiger charge is -2.27. The molecule has 0 spiro atoms. The summed E-state index contributed by atoms with van der Waals surface area (Å²) in [4.78, 5) is 2.41. The number of rotatable bonds is 3. The van der Waals surface area contributed by atoms with Gasteiger partial charge in [-0.3, -0.25) is 0 Å². The number of nitrogens with zero attached hydrogens (tertiary/aromatic N) is 1. The molecule has 0 aliphatic rings. The zero-order valence-electron chi connectivity index (χ0n) is 22.8. The number of thiophene rings is 1.